The highest BCUT2D eigenvalue weighted by molar-refractivity contribution is 6.03. The zero-order valence-corrected chi connectivity index (χ0v) is 16.0. The van der Waals surface area contributed by atoms with E-state index in [0.29, 0.717) is 18.1 Å². The topological polar surface area (TPSA) is 103 Å². The minimum Gasteiger partial charge on any atom is -0.363 e. The van der Waals surface area contributed by atoms with Gasteiger partial charge in [0.1, 0.15) is 11.5 Å². The Kier molecular flexibility index (Phi) is 5.68. The molecule has 1 aromatic heterocycles. The Hall–Kier alpha value is -2.71. The van der Waals surface area contributed by atoms with Gasteiger partial charge in [-0.3, -0.25) is 14.7 Å². The molecular formula is C20H27N7O. The number of piperazine rings is 1. The molecule has 0 atom stereocenters. The van der Waals surface area contributed by atoms with Gasteiger partial charge in [-0.05, 0) is 37.6 Å². The summed E-state index contributed by atoms with van der Waals surface area (Å²) >= 11 is 0. The second-order valence-electron chi connectivity index (χ2n) is 7.26. The third-order valence-corrected chi connectivity index (χ3v) is 5.30. The van der Waals surface area contributed by atoms with Crippen molar-refractivity contribution in [3.8, 4) is 0 Å². The van der Waals surface area contributed by atoms with E-state index in [1.54, 1.807) is 6.20 Å². The highest BCUT2D eigenvalue weighted by atomic mass is 16.1. The number of benzene rings is 1. The molecule has 0 spiro atoms. The maximum atomic E-state index is 12.6. The molecule has 4 rings (SSSR count). The van der Waals surface area contributed by atoms with Gasteiger partial charge in [-0.2, -0.15) is 4.99 Å². The maximum Gasteiger partial charge on any atom is 0.275 e. The monoisotopic (exact) mass is 381 g/mol. The Bertz CT molecular complexity index is 872. The molecule has 1 saturated heterocycles. The zero-order valence-electron chi connectivity index (χ0n) is 16.0. The first-order valence-electron chi connectivity index (χ1n) is 9.92. The zero-order chi connectivity index (χ0) is 19.3. The van der Waals surface area contributed by atoms with E-state index in [1.807, 2.05) is 18.2 Å². The Morgan fingerprint density at radius 2 is 1.96 bits per heavy atom. The lowest BCUT2D eigenvalue weighted by atomic mass is 10.2. The van der Waals surface area contributed by atoms with Gasteiger partial charge >= 0.3 is 0 Å². The van der Waals surface area contributed by atoms with Crippen LogP contribution in [0.15, 0.2) is 40.2 Å². The Morgan fingerprint density at radius 3 is 2.71 bits per heavy atom. The first kappa shape index (κ1) is 18.6. The normalized spacial score (nSPS) is 18.3. The highest BCUT2D eigenvalue weighted by Crippen LogP contribution is 2.23. The first-order valence-corrected chi connectivity index (χ1v) is 9.92. The van der Waals surface area contributed by atoms with Crippen molar-refractivity contribution in [2.45, 2.75) is 19.3 Å². The summed E-state index contributed by atoms with van der Waals surface area (Å²) in [5, 5.41) is 3.27. The molecule has 0 unspecified atom stereocenters. The van der Waals surface area contributed by atoms with E-state index in [0.717, 1.165) is 63.6 Å². The molecule has 0 radical (unpaired) electrons. The lowest BCUT2D eigenvalue weighted by Crippen LogP contribution is -2.48. The third-order valence-electron chi connectivity index (χ3n) is 5.30. The number of nitrogens with zero attached hydrogens (tertiary/aromatic N) is 4. The molecule has 2 aliphatic heterocycles. The van der Waals surface area contributed by atoms with Crippen molar-refractivity contribution in [3.63, 3.8) is 0 Å². The van der Waals surface area contributed by atoms with Gasteiger partial charge in [0.05, 0.1) is 6.20 Å². The van der Waals surface area contributed by atoms with Crippen molar-refractivity contribution in [1.29, 1.82) is 0 Å². The number of hydrogen-bond acceptors (Lipinski definition) is 6. The molecular weight excluding hydrogens is 354 g/mol. The van der Waals surface area contributed by atoms with Crippen LogP contribution in [-0.2, 0) is 6.42 Å². The van der Waals surface area contributed by atoms with Gasteiger partial charge in [-0.1, -0.05) is 18.2 Å². The number of amidine groups is 1. The van der Waals surface area contributed by atoms with Crippen LogP contribution in [0, 0.1) is 0 Å². The standard InChI is InChI=1S/C20H27N7O/c21-7-3-4-8-26-9-11-27(12-10-26)17-14-22-20(25-19(17)28)24-18-13-15-5-1-2-6-16(15)23-18/h1-2,5-6,14H,3-4,7-13,21H2,(H2,22,23,24,25,28). The van der Waals surface area contributed by atoms with Crippen LogP contribution in [0.5, 0.6) is 0 Å². The van der Waals surface area contributed by atoms with E-state index in [1.165, 1.54) is 5.56 Å². The molecule has 0 saturated carbocycles. The molecule has 2 aromatic rings. The van der Waals surface area contributed by atoms with Gasteiger partial charge in [-0.25, -0.2) is 4.98 Å². The predicted molar refractivity (Wildman–Crippen MR) is 113 cm³/mol. The molecule has 0 bridgehead atoms. The van der Waals surface area contributed by atoms with E-state index < -0.39 is 0 Å². The molecule has 1 fully saturated rings. The first-order chi connectivity index (χ1) is 13.7. The molecule has 4 N–H and O–H groups in total. The number of anilines is 2. The largest absolute Gasteiger partial charge is 0.363 e. The Balaban J connectivity index is 1.38. The van der Waals surface area contributed by atoms with Crippen molar-refractivity contribution in [1.82, 2.24) is 14.9 Å². The summed E-state index contributed by atoms with van der Waals surface area (Å²) in [6, 6.07) is 8.09. The Morgan fingerprint density at radius 1 is 1.14 bits per heavy atom. The van der Waals surface area contributed by atoms with Gasteiger partial charge in [0, 0.05) is 38.3 Å². The van der Waals surface area contributed by atoms with Crippen LogP contribution < -0.4 is 21.5 Å². The number of hydrogen-bond donors (Lipinski definition) is 3. The third kappa shape index (κ3) is 4.23. The van der Waals surface area contributed by atoms with E-state index in [-0.39, 0.29) is 5.56 Å². The van der Waals surface area contributed by atoms with Gasteiger partial charge in [0.2, 0.25) is 5.95 Å². The minimum absolute atomic E-state index is 0.138. The molecule has 8 nitrogen and oxygen atoms in total. The fourth-order valence-electron chi connectivity index (χ4n) is 3.72. The average Bonchev–Trinajstić information content (AvgIpc) is 3.11. The average molecular weight is 381 g/mol. The molecule has 28 heavy (non-hydrogen) atoms. The number of unbranched alkanes of at least 4 members (excludes halogenated alkanes) is 1. The summed E-state index contributed by atoms with van der Waals surface area (Å²) in [7, 11) is 0. The van der Waals surface area contributed by atoms with Crippen molar-refractivity contribution < 1.29 is 0 Å². The van der Waals surface area contributed by atoms with Crippen LogP contribution in [0.3, 0.4) is 0 Å². The smallest absolute Gasteiger partial charge is 0.275 e. The van der Waals surface area contributed by atoms with E-state index in [4.69, 9.17) is 5.73 Å². The van der Waals surface area contributed by atoms with Gasteiger partial charge in [-0.15, -0.1) is 0 Å². The quantitative estimate of drug-likeness (QED) is 0.653. The number of rotatable bonds is 6. The molecule has 1 aromatic carbocycles. The lowest BCUT2D eigenvalue weighted by molar-refractivity contribution is 0.253. The second kappa shape index (κ2) is 8.53. The number of aromatic nitrogens is 2. The molecule has 8 heteroatoms. The molecule has 0 amide bonds. The van der Waals surface area contributed by atoms with Gasteiger partial charge in [0.25, 0.3) is 5.56 Å². The molecule has 3 heterocycles. The summed E-state index contributed by atoms with van der Waals surface area (Å²) < 4.78 is 0. The van der Waals surface area contributed by atoms with Crippen LogP contribution in [0.4, 0.5) is 17.3 Å². The van der Waals surface area contributed by atoms with Crippen LogP contribution >= 0.6 is 0 Å². The number of aromatic amines is 1. The SMILES string of the molecule is NCCCCN1CCN(c2cnc(N=C3Cc4ccccc4N3)[nH]c2=O)CC1. The van der Waals surface area contributed by atoms with E-state index in [2.05, 4.69) is 36.1 Å². The summed E-state index contributed by atoms with van der Waals surface area (Å²) in [6.07, 6.45) is 4.55. The summed E-state index contributed by atoms with van der Waals surface area (Å²) in [6.45, 7) is 5.40. The number of aliphatic imine (C=N–C) groups is 1. The van der Waals surface area contributed by atoms with E-state index in [9.17, 15) is 4.79 Å². The van der Waals surface area contributed by atoms with Crippen molar-refractivity contribution in [2.24, 2.45) is 10.7 Å². The fraction of sp³-hybridized carbons (Fsp3) is 0.450. The number of H-pyrrole nitrogens is 1. The number of nitrogens with two attached hydrogens (primary N) is 1. The molecule has 0 aliphatic carbocycles. The lowest BCUT2D eigenvalue weighted by Gasteiger charge is -2.35. The second-order valence-corrected chi connectivity index (χ2v) is 7.26. The van der Waals surface area contributed by atoms with Gasteiger partial charge < -0.3 is 16.0 Å². The number of fused-ring (bicyclic) bond motifs is 1. The molecule has 2 aliphatic rings. The number of nitrogens with one attached hydrogen (secondary N) is 2. The van der Waals surface area contributed by atoms with Crippen molar-refractivity contribution in [2.75, 3.05) is 49.5 Å². The summed E-state index contributed by atoms with van der Waals surface area (Å²) in [4.78, 5) is 28.8. The Labute approximate surface area is 164 Å². The minimum atomic E-state index is -0.138. The molecule has 148 valence electrons. The van der Waals surface area contributed by atoms with Crippen molar-refractivity contribution >= 4 is 23.2 Å². The van der Waals surface area contributed by atoms with Crippen molar-refractivity contribution in [3.05, 3.63) is 46.4 Å². The summed E-state index contributed by atoms with van der Waals surface area (Å²) in [5.74, 6) is 1.13. The highest BCUT2D eigenvalue weighted by Gasteiger charge is 2.20. The summed E-state index contributed by atoms with van der Waals surface area (Å²) in [5.41, 5.74) is 8.30. The van der Waals surface area contributed by atoms with E-state index >= 15 is 0 Å². The van der Waals surface area contributed by atoms with Crippen LogP contribution in [0.2, 0.25) is 0 Å². The fourth-order valence-corrected chi connectivity index (χ4v) is 3.72. The van der Waals surface area contributed by atoms with Crippen LogP contribution in [-0.4, -0.2) is 60.0 Å². The van der Waals surface area contributed by atoms with Crippen LogP contribution in [0.1, 0.15) is 18.4 Å². The van der Waals surface area contributed by atoms with Crippen LogP contribution in [0.25, 0.3) is 0 Å². The predicted octanol–water partition coefficient (Wildman–Crippen LogP) is 1.33. The number of para-hydroxylation sites is 1. The maximum absolute atomic E-state index is 12.6. The van der Waals surface area contributed by atoms with Gasteiger partial charge in [0.15, 0.2) is 0 Å².